The van der Waals surface area contributed by atoms with Crippen molar-refractivity contribution in [2.75, 3.05) is 46.5 Å². The Morgan fingerprint density at radius 2 is 2.12 bits per heavy atom. The summed E-state index contributed by atoms with van der Waals surface area (Å²) in [7, 11) is 1.80. The van der Waals surface area contributed by atoms with Crippen LogP contribution in [0.2, 0.25) is 0 Å². The number of nitrogens with zero attached hydrogens (tertiary/aromatic N) is 1. The van der Waals surface area contributed by atoms with Crippen molar-refractivity contribution >= 4 is 12.4 Å². The van der Waals surface area contributed by atoms with E-state index in [2.05, 4.69) is 11.8 Å². The maximum Gasteiger partial charge on any atom is 0.0724 e. The minimum absolute atomic E-state index is 0. The zero-order chi connectivity index (χ0) is 11.1. The van der Waals surface area contributed by atoms with Crippen molar-refractivity contribution in [2.24, 2.45) is 11.7 Å². The molecule has 1 rings (SSSR count). The van der Waals surface area contributed by atoms with Gasteiger partial charge in [0.25, 0.3) is 0 Å². The summed E-state index contributed by atoms with van der Waals surface area (Å²) in [6, 6.07) is 0. The van der Waals surface area contributed by atoms with E-state index in [0.29, 0.717) is 25.2 Å². The summed E-state index contributed by atoms with van der Waals surface area (Å²) in [5.41, 5.74) is 5.35. The van der Waals surface area contributed by atoms with Crippen LogP contribution in [0, 0.1) is 5.92 Å². The average Bonchev–Trinajstić information content (AvgIpc) is 2.26. The van der Waals surface area contributed by atoms with Gasteiger partial charge in [-0.1, -0.05) is 6.92 Å². The SMILES string of the molecule is COC1CN(CCOCCN)CCC1C.Cl. The number of hydrogen-bond donors (Lipinski definition) is 1. The molecule has 0 saturated carbocycles. The number of hydrogen-bond acceptors (Lipinski definition) is 4. The van der Waals surface area contributed by atoms with E-state index in [1.165, 1.54) is 6.42 Å². The molecule has 1 saturated heterocycles. The molecule has 0 aromatic rings. The highest BCUT2D eigenvalue weighted by Crippen LogP contribution is 2.18. The van der Waals surface area contributed by atoms with Crippen LogP contribution in [0.4, 0.5) is 0 Å². The molecular weight excluding hydrogens is 228 g/mol. The first-order valence-electron chi connectivity index (χ1n) is 5.81. The highest BCUT2D eigenvalue weighted by Gasteiger charge is 2.25. The topological polar surface area (TPSA) is 47.7 Å². The first-order chi connectivity index (χ1) is 7.27. The molecule has 0 aliphatic carbocycles. The summed E-state index contributed by atoms with van der Waals surface area (Å²) in [5, 5.41) is 0. The fraction of sp³-hybridized carbons (Fsp3) is 1.00. The highest BCUT2D eigenvalue weighted by molar-refractivity contribution is 5.85. The van der Waals surface area contributed by atoms with Crippen LogP contribution in [0.15, 0.2) is 0 Å². The van der Waals surface area contributed by atoms with Crippen LogP contribution < -0.4 is 5.73 Å². The predicted molar refractivity (Wildman–Crippen MR) is 68.1 cm³/mol. The molecule has 0 bridgehead atoms. The summed E-state index contributed by atoms with van der Waals surface area (Å²) >= 11 is 0. The fourth-order valence-corrected chi connectivity index (χ4v) is 1.99. The van der Waals surface area contributed by atoms with Crippen molar-refractivity contribution in [2.45, 2.75) is 19.4 Å². The van der Waals surface area contributed by atoms with Gasteiger partial charge in [-0.05, 0) is 18.9 Å². The summed E-state index contributed by atoms with van der Waals surface area (Å²) in [6.45, 7) is 7.50. The Bertz CT molecular complexity index is 172. The molecule has 2 unspecified atom stereocenters. The van der Waals surface area contributed by atoms with Gasteiger partial charge in [0.15, 0.2) is 0 Å². The van der Waals surface area contributed by atoms with Gasteiger partial charge in [-0.2, -0.15) is 0 Å². The number of methoxy groups -OCH3 is 1. The van der Waals surface area contributed by atoms with Crippen LogP contribution in [0.3, 0.4) is 0 Å². The summed E-state index contributed by atoms with van der Waals surface area (Å²) in [6.07, 6.45) is 1.60. The van der Waals surface area contributed by atoms with Crippen LogP contribution in [0.25, 0.3) is 0 Å². The second-order valence-electron chi connectivity index (χ2n) is 4.24. The van der Waals surface area contributed by atoms with E-state index in [1.807, 2.05) is 0 Å². The monoisotopic (exact) mass is 252 g/mol. The molecule has 0 aromatic heterocycles. The van der Waals surface area contributed by atoms with E-state index in [-0.39, 0.29) is 12.4 Å². The van der Waals surface area contributed by atoms with Gasteiger partial charge in [0.1, 0.15) is 0 Å². The van der Waals surface area contributed by atoms with Crippen molar-refractivity contribution in [3.05, 3.63) is 0 Å². The van der Waals surface area contributed by atoms with Crippen LogP contribution >= 0.6 is 12.4 Å². The quantitative estimate of drug-likeness (QED) is 0.709. The summed E-state index contributed by atoms with van der Waals surface area (Å²) in [5.74, 6) is 0.677. The van der Waals surface area contributed by atoms with Gasteiger partial charge in [0.05, 0.1) is 19.3 Å². The molecule has 0 aromatic carbocycles. The lowest BCUT2D eigenvalue weighted by atomic mass is 9.96. The normalized spacial score (nSPS) is 26.4. The number of likely N-dealkylation sites (tertiary alicyclic amines) is 1. The minimum atomic E-state index is 0. The van der Waals surface area contributed by atoms with Gasteiger partial charge in [0.2, 0.25) is 0 Å². The summed E-state index contributed by atoms with van der Waals surface area (Å²) < 4.78 is 10.8. The molecule has 5 heteroatoms. The first kappa shape index (κ1) is 16.1. The van der Waals surface area contributed by atoms with Crippen LogP contribution in [-0.2, 0) is 9.47 Å². The zero-order valence-corrected chi connectivity index (χ0v) is 11.2. The van der Waals surface area contributed by atoms with Gasteiger partial charge in [-0.15, -0.1) is 12.4 Å². The molecule has 4 nitrogen and oxygen atoms in total. The minimum Gasteiger partial charge on any atom is -0.380 e. The molecule has 16 heavy (non-hydrogen) atoms. The molecular formula is C11H25ClN2O2. The molecule has 0 radical (unpaired) electrons. The van der Waals surface area contributed by atoms with E-state index < -0.39 is 0 Å². The Kier molecular flexibility index (Phi) is 9.26. The fourth-order valence-electron chi connectivity index (χ4n) is 1.99. The number of piperidine rings is 1. The second-order valence-corrected chi connectivity index (χ2v) is 4.24. The molecule has 2 atom stereocenters. The Morgan fingerprint density at radius 1 is 1.38 bits per heavy atom. The molecule has 98 valence electrons. The molecule has 1 aliphatic heterocycles. The van der Waals surface area contributed by atoms with E-state index in [0.717, 1.165) is 26.2 Å². The van der Waals surface area contributed by atoms with Gasteiger partial charge in [-0.25, -0.2) is 0 Å². The van der Waals surface area contributed by atoms with Crippen LogP contribution in [0.5, 0.6) is 0 Å². The number of halogens is 1. The van der Waals surface area contributed by atoms with E-state index in [1.54, 1.807) is 7.11 Å². The average molecular weight is 253 g/mol. The third kappa shape index (κ3) is 5.46. The zero-order valence-electron chi connectivity index (χ0n) is 10.4. The third-order valence-electron chi connectivity index (χ3n) is 3.09. The molecule has 0 spiro atoms. The van der Waals surface area contributed by atoms with Gasteiger partial charge >= 0.3 is 0 Å². The van der Waals surface area contributed by atoms with Crippen molar-refractivity contribution in [3.63, 3.8) is 0 Å². The lowest BCUT2D eigenvalue weighted by molar-refractivity contribution is -0.0131. The maximum atomic E-state index is 5.46. The Balaban J connectivity index is 0.00000225. The highest BCUT2D eigenvalue weighted by atomic mass is 35.5. The van der Waals surface area contributed by atoms with Crippen molar-refractivity contribution < 1.29 is 9.47 Å². The molecule has 0 amide bonds. The van der Waals surface area contributed by atoms with Gasteiger partial charge in [-0.3, -0.25) is 4.90 Å². The number of rotatable bonds is 6. The third-order valence-corrected chi connectivity index (χ3v) is 3.09. The molecule has 2 N–H and O–H groups in total. The molecule has 1 aliphatic rings. The van der Waals surface area contributed by atoms with E-state index in [4.69, 9.17) is 15.2 Å². The van der Waals surface area contributed by atoms with Crippen molar-refractivity contribution in [3.8, 4) is 0 Å². The molecule has 1 fully saturated rings. The van der Waals surface area contributed by atoms with E-state index in [9.17, 15) is 0 Å². The maximum absolute atomic E-state index is 5.46. The standard InChI is InChI=1S/C11H24N2O2.ClH/c1-10-3-5-13(9-11(10)14-2)6-8-15-7-4-12;/h10-11H,3-9,12H2,1-2H3;1H. The summed E-state index contributed by atoms with van der Waals surface area (Å²) in [4.78, 5) is 2.41. The van der Waals surface area contributed by atoms with Crippen molar-refractivity contribution in [1.82, 2.24) is 4.90 Å². The Labute approximate surface area is 105 Å². The predicted octanol–water partition coefficient (Wildman–Crippen LogP) is 0.740. The van der Waals surface area contributed by atoms with Crippen LogP contribution in [0.1, 0.15) is 13.3 Å². The lowest BCUT2D eigenvalue weighted by Gasteiger charge is -2.36. The molecule has 1 heterocycles. The van der Waals surface area contributed by atoms with Gasteiger partial charge < -0.3 is 15.2 Å². The Morgan fingerprint density at radius 3 is 2.75 bits per heavy atom. The smallest absolute Gasteiger partial charge is 0.0724 e. The van der Waals surface area contributed by atoms with Gasteiger partial charge in [0, 0.05) is 26.7 Å². The second kappa shape index (κ2) is 9.19. The number of nitrogens with two attached hydrogens (primary N) is 1. The lowest BCUT2D eigenvalue weighted by Crippen LogP contribution is -2.45. The van der Waals surface area contributed by atoms with Crippen LogP contribution in [-0.4, -0.2) is 57.5 Å². The van der Waals surface area contributed by atoms with E-state index >= 15 is 0 Å². The Hall–Kier alpha value is 0.130. The van der Waals surface area contributed by atoms with Crippen molar-refractivity contribution in [1.29, 1.82) is 0 Å². The first-order valence-corrected chi connectivity index (χ1v) is 5.81. The largest absolute Gasteiger partial charge is 0.380 e. The number of ether oxygens (including phenoxy) is 2.